The van der Waals surface area contributed by atoms with E-state index in [9.17, 15) is 0 Å². The molecule has 0 saturated heterocycles. The molecule has 0 nitrogen and oxygen atoms in total. The van der Waals surface area contributed by atoms with Gasteiger partial charge in [0.1, 0.15) is 0 Å². The molecule has 2 heteroatoms. The summed E-state index contributed by atoms with van der Waals surface area (Å²) in [6.07, 6.45) is 48.5. The molecular formula is C39H80S2. The van der Waals surface area contributed by atoms with Crippen molar-refractivity contribution in [3.63, 3.8) is 0 Å². The highest BCUT2D eigenvalue weighted by molar-refractivity contribution is 7.99. The zero-order valence-electron chi connectivity index (χ0n) is 29.0. The molecule has 0 fully saturated rings. The Morgan fingerprint density at radius 3 is 0.512 bits per heavy atom. The second-order valence-corrected chi connectivity index (χ2v) is 15.6. The van der Waals surface area contributed by atoms with Gasteiger partial charge in [-0.3, -0.25) is 0 Å². The molecule has 248 valence electrons. The number of thioether (sulfide) groups is 2. The summed E-state index contributed by atoms with van der Waals surface area (Å²) in [6, 6.07) is 0. The molecule has 0 atom stereocenters. The van der Waals surface area contributed by atoms with E-state index in [1.54, 1.807) is 0 Å². The molecule has 0 heterocycles. The van der Waals surface area contributed by atoms with Crippen molar-refractivity contribution in [1.29, 1.82) is 0 Å². The van der Waals surface area contributed by atoms with Gasteiger partial charge in [0.05, 0.1) is 0 Å². The molecule has 0 aliphatic rings. The standard InChI is InChI=1S/C39H80S2/c1-3-5-7-9-11-13-15-17-18-19-21-23-25-27-29-33-37-41-39-35-31-30-34-38-40-36-32-28-26-24-22-20-16-14-12-10-8-6-4-2/h3-39H2,1-2H3. The summed E-state index contributed by atoms with van der Waals surface area (Å²) in [7, 11) is 0. The van der Waals surface area contributed by atoms with E-state index in [4.69, 9.17) is 0 Å². The molecule has 0 aliphatic heterocycles. The molecule has 0 aromatic carbocycles. The smallest absolute Gasteiger partial charge is 0.00675 e. The van der Waals surface area contributed by atoms with E-state index in [1.807, 2.05) is 0 Å². The quantitative estimate of drug-likeness (QED) is 0.0636. The number of hydrogen-bond donors (Lipinski definition) is 0. The lowest BCUT2D eigenvalue weighted by atomic mass is 10.0. The minimum atomic E-state index is 1.37. The molecule has 0 radical (unpaired) electrons. The number of unbranched alkanes of at least 4 members (excludes halogenated alkanes) is 30. The van der Waals surface area contributed by atoms with Gasteiger partial charge in [-0.1, -0.05) is 200 Å². The predicted octanol–water partition coefficient (Wildman–Crippen LogP) is 15.4. The zero-order chi connectivity index (χ0) is 29.6. The van der Waals surface area contributed by atoms with Crippen LogP contribution in [-0.4, -0.2) is 23.0 Å². The molecule has 0 aliphatic carbocycles. The van der Waals surface area contributed by atoms with Crippen LogP contribution in [0.15, 0.2) is 0 Å². The molecule has 41 heavy (non-hydrogen) atoms. The highest BCUT2D eigenvalue weighted by atomic mass is 32.2. The Morgan fingerprint density at radius 1 is 0.195 bits per heavy atom. The third-order valence-corrected chi connectivity index (χ3v) is 11.2. The van der Waals surface area contributed by atoms with Gasteiger partial charge in [-0.15, -0.1) is 0 Å². The average Bonchev–Trinajstić information content (AvgIpc) is 2.98. The molecule has 0 unspecified atom stereocenters. The minimum absolute atomic E-state index is 1.37. The Hall–Kier alpha value is 0.700. The van der Waals surface area contributed by atoms with Crippen LogP contribution in [0, 0.1) is 0 Å². The van der Waals surface area contributed by atoms with E-state index >= 15 is 0 Å². The normalized spacial score (nSPS) is 11.6. The van der Waals surface area contributed by atoms with Crippen LogP contribution in [0.3, 0.4) is 0 Å². The van der Waals surface area contributed by atoms with Crippen molar-refractivity contribution in [2.45, 2.75) is 226 Å². The van der Waals surface area contributed by atoms with E-state index in [1.165, 1.54) is 235 Å². The summed E-state index contributed by atoms with van der Waals surface area (Å²) in [6.45, 7) is 4.62. The van der Waals surface area contributed by atoms with Crippen molar-refractivity contribution in [2.24, 2.45) is 0 Å². The van der Waals surface area contributed by atoms with Crippen molar-refractivity contribution in [3.8, 4) is 0 Å². The molecule has 0 spiro atoms. The lowest BCUT2D eigenvalue weighted by Gasteiger charge is -2.05. The second kappa shape index (κ2) is 40.7. The van der Waals surface area contributed by atoms with Gasteiger partial charge in [0.2, 0.25) is 0 Å². The lowest BCUT2D eigenvalue weighted by Crippen LogP contribution is -1.89. The van der Waals surface area contributed by atoms with Crippen LogP contribution in [0.1, 0.15) is 226 Å². The molecular weight excluding hydrogens is 533 g/mol. The highest BCUT2D eigenvalue weighted by Crippen LogP contribution is 2.17. The summed E-state index contributed by atoms with van der Waals surface area (Å²) in [5.74, 6) is 5.63. The van der Waals surface area contributed by atoms with E-state index in [2.05, 4.69) is 37.4 Å². The fraction of sp³-hybridized carbons (Fsp3) is 1.00. The molecule has 0 rings (SSSR count). The maximum Gasteiger partial charge on any atom is -0.00675 e. The Bertz CT molecular complexity index is 386. The molecule has 0 aromatic rings. The Kier molecular flexibility index (Phi) is 41.4. The van der Waals surface area contributed by atoms with Gasteiger partial charge in [0, 0.05) is 0 Å². The van der Waals surface area contributed by atoms with Crippen LogP contribution in [0.4, 0.5) is 0 Å². The van der Waals surface area contributed by atoms with Crippen LogP contribution >= 0.6 is 23.5 Å². The Balaban J connectivity index is 3.02. The van der Waals surface area contributed by atoms with E-state index < -0.39 is 0 Å². The van der Waals surface area contributed by atoms with Gasteiger partial charge in [-0.05, 0) is 48.7 Å². The molecule has 0 N–H and O–H groups in total. The Morgan fingerprint density at radius 2 is 0.341 bits per heavy atom. The Labute approximate surface area is 271 Å². The molecule has 0 bridgehead atoms. The zero-order valence-corrected chi connectivity index (χ0v) is 30.6. The third kappa shape index (κ3) is 40.7. The molecule has 0 amide bonds. The maximum atomic E-state index is 2.31. The van der Waals surface area contributed by atoms with Gasteiger partial charge >= 0.3 is 0 Å². The van der Waals surface area contributed by atoms with Crippen molar-refractivity contribution < 1.29 is 0 Å². The summed E-state index contributed by atoms with van der Waals surface area (Å²) in [4.78, 5) is 0. The fourth-order valence-corrected chi connectivity index (χ4v) is 7.98. The van der Waals surface area contributed by atoms with Crippen LogP contribution in [0.2, 0.25) is 0 Å². The summed E-state index contributed by atoms with van der Waals surface area (Å²) >= 11 is 4.45. The van der Waals surface area contributed by atoms with Crippen LogP contribution in [0.25, 0.3) is 0 Å². The van der Waals surface area contributed by atoms with Crippen molar-refractivity contribution in [2.75, 3.05) is 23.0 Å². The summed E-state index contributed by atoms with van der Waals surface area (Å²) in [5, 5.41) is 0. The first-order chi connectivity index (χ1) is 20.4. The highest BCUT2D eigenvalue weighted by Gasteiger charge is 1.97. The number of rotatable bonds is 38. The van der Waals surface area contributed by atoms with Gasteiger partial charge in [-0.2, -0.15) is 23.5 Å². The summed E-state index contributed by atoms with van der Waals surface area (Å²) < 4.78 is 0. The van der Waals surface area contributed by atoms with Gasteiger partial charge in [0.15, 0.2) is 0 Å². The second-order valence-electron chi connectivity index (χ2n) is 13.2. The first kappa shape index (κ1) is 41.7. The molecule has 0 aromatic heterocycles. The molecule has 0 saturated carbocycles. The van der Waals surface area contributed by atoms with Crippen molar-refractivity contribution in [1.82, 2.24) is 0 Å². The van der Waals surface area contributed by atoms with Crippen LogP contribution in [0.5, 0.6) is 0 Å². The van der Waals surface area contributed by atoms with E-state index in [0.717, 1.165) is 0 Å². The SMILES string of the molecule is CCCCCCCCCCCCCCCCCCSCCCCCCSCCCCCCCCCCCCCCC. The largest absolute Gasteiger partial charge is 0.162 e. The van der Waals surface area contributed by atoms with E-state index in [-0.39, 0.29) is 0 Å². The predicted molar refractivity (Wildman–Crippen MR) is 198 cm³/mol. The van der Waals surface area contributed by atoms with Crippen LogP contribution < -0.4 is 0 Å². The van der Waals surface area contributed by atoms with E-state index in [0.29, 0.717) is 0 Å². The lowest BCUT2D eigenvalue weighted by molar-refractivity contribution is 0.531. The fourth-order valence-electron chi connectivity index (χ4n) is 5.94. The average molecular weight is 613 g/mol. The van der Waals surface area contributed by atoms with Gasteiger partial charge < -0.3 is 0 Å². The summed E-state index contributed by atoms with van der Waals surface area (Å²) in [5.41, 5.74) is 0. The van der Waals surface area contributed by atoms with Crippen molar-refractivity contribution in [3.05, 3.63) is 0 Å². The third-order valence-electron chi connectivity index (χ3n) is 8.86. The first-order valence-electron chi connectivity index (χ1n) is 19.6. The van der Waals surface area contributed by atoms with Crippen molar-refractivity contribution >= 4 is 23.5 Å². The van der Waals surface area contributed by atoms with Gasteiger partial charge in [-0.25, -0.2) is 0 Å². The minimum Gasteiger partial charge on any atom is -0.162 e. The topological polar surface area (TPSA) is 0 Å². The monoisotopic (exact) mass is 613 g/mol. The van der Waals surface area contributed by atoms with Crippen LogP contribution in [-0.2, 0) is 0 Å². The maximum absolute atomic E-state index is 2.31. The first-order valence-corrected chi connectivity index (χ1v) is 21.9. The van der Waals surface area contributed by atoms with Gasteiger partial charge in [0.25, 0.3) is 0 Å². The number of hydrogen-bond acceptors (Lipinski definition) is 2.